The van der Waals surface area contributed by atoms with Crippen LogP contribution in [0.25, 0.3) is 0 Å². The molecule has 112 valence electrons. The van der Waals surface area contributed by atoms with E-state index in [2.05, 4.69) is 35.1 Å². The molecule has 1 aliphatic rings. The lowest BCUT2D eigenvalue weighted by atomic mass is 10.0. The van der Waals surface area contributed by atoms with E-state index in [1.807, 2.05) is 0 Å². The first-order valence-electron chi connectivity index (χ1n) is 7.48. The fraction of sp³-hybridized carbons (Fsp3) is 0.733. The molecule has 5 heteroatoms. The monoisotopic (exact) mass is 341 g/mol. The van der Waals surface area contributed by atoms with Gasteiger partial charge in [-0.3, -0.25) is 0 Å². The molecular weight excluding hydrogens is 318 g/mol. The molecule has 2 rings (SSSR count). The van der Waals surface area contributed by atoms with E-state index < -0.39 is 0 Å². The summed E-state index contributed by atoms with van der Waals surface area (Å²) in [6.45, 7) is 5.71. The molecule has 2 unspecified atom stereocenters. The molecule has 1 aromatic rings. The molecule has 0 bridgehead atoms. The van der Waals surface area contributed by atoms with Crippen molar-refractivity contribution in [1.29, 1.82) is 0 Å². The summed E-state index contributed by atoms with van der Waals surface area (Å²) in [5.41, 5.74) is 0.938. The number of ether oxygens (including phenoxy) is 1. The average Bonchev–Trinajstić information content (AvgIpc) is 2.92. The number of anilines is 1. The van der Waals surface area contributed by atoms with E-state index >= 15 is 0 Å². The molecule has 0 aliphatic heterocycles. The Morgan fingerprint density at radius 1 is 1.30 bits per heavy atom. The summed E-state index contributed by atoms with van der Waals surface area (Å²) in [6.07, 6.45) is 4.99. The van der Waals surface area contributed by atoms with Gasteiger partial charge in [-0.2, -0.15) is 0 Å². The van der Waals surface area contributed by atoms with Crippen molar-refractivity contribution in [3.8, 4) is 0 Å². The first-order valence-corrected chi connectivity index (χ1v) is 8.27. The lowest BCUT2D eigenvalue weighted by molar-refractivity contribution is 0.180. The normalized spacial score (nSPS) is 22.2. The SMILES string of the molecule is CCNc1nc(C2CCC(CC)C2)nc(COC)c1Br. The van der Waals surface area contributed by atoms with E-state index in [1.54, 1.807) is 7.11 Å². The van der Waals surface area contributed by atoms with Crippen LogP contribution in [0.15, 0.2) is 4.47 Å². The van der Waals surface area contributed by atoms with Gasteiger partial charge in [0.05, 0.1) is 16.8 Å². The van der Waals surface area contributed by atoms with Crippen LogP contribution in [-0.4, -0.2) is 23.6 Å². The Bertz CT molecular complexity index is 426. The molecule has 0 amide bonds. The molecule has 0 radical (unpaired) electrons. The molecule has 1 N–H and O–H groups in total. The van der Waals surface area contributed by atoms with E-state index in [1.165, 1.54) is 25.7 Å². The molecule has 0 aromatic carbocycles. The molecule has 1 aliphatic carbocycles. The number of rotatable bonds is 6. The topological polar surface area (TPSA) is 47.0 Å². The van der Waals surface area contributed by atoms with Crippen molar-refractivity contribution in [2.24, 2.45) is 5.92 Å². The largest absolute Gasteiger partial charge is 0.378 e. The highest BCUT2D eigenvalue weighted by Crippen LogP contribution is 2.39. The summed E-state index contributed by atoms with van der Waals surface area (Å²) in [4.78, 5) is 9.46. The number of nitrogens with one attached hydrogen (secondary N) is 1. The van der Waals surface area contributed by atoms with Gasteiger partial charge in [-0.25, -0.2) is 9.97 Å². The summed E-state index contributed by atoms with van der Waals surface area (Å²) >= 11 is 3.58. The highest BCUT2D eigenvalue weighted by Gasteiger charge is 2.28. The van der Waals surface area contributed by atoms with Gasteiger partial charge in [0.25, 0.3) is 0 Å². The van der Waals surface area contributed by atoms with Gasteiger partial charge in [0.1, 0.15) is 11.6 Å². The zero-order valence-corrected chi connectivity index (χ0v) is 14.2. The van der Waals surface area contributed by atoms with Gasteiger partial charge in [-0.1, -0.05) is 13.3 Å². The standard InChI is InChI=1S/C15H24BrN3O/c1-4-10-6-7-11(8-10)14-18-12(9-20-3)13(16)15(19-14)17-5-2/h10-11H,4-9H2,1-3H3,(H,17,18,19). The van der Waals surface area contributed by atoms with Gasteiger partial charge in [0.15, 0.2) is 0 Å². The third kappa shape index (κ3) is 3.50. The van der Waals surface area contributed by atoms with Crippen molar-refractivity contribution < 1.29 is 4.74 Å². The Morgan fingerprint density at radius 2 is 2.10 bits per heavy atom. The number of nitrogens with zero attached hydrogens (tertiary/aromatic N) is 2. The molecule has 0 saturated heterocycles. The molecule has 20 heavy (non-hydrogen) atoms. The quantitative estimate of drug-likeness (QED) is 0.845. The molecule has 1 heterocycles. The van der Waals surface area contributed by atoms with Crippen LogP contribution in [0.4, 0.5) is 5.82 Å². The Morgan fingerprint density at radius 3 is 2.70 bits per heavy atom. The van der Waals surface area contributed by atoms with E-state index in [4.69, 9.17) is 14.7 Å². The smallest absolute Gasteiger partial charge is 0.144 e. The van der Waals surface area contributed by atoms with Gasteiger partial charge in [-0.15, -0.1) is 0 Å². The maximum Gasteiger partial charge on any atom is 0.144 e. The van der Waals surface area contributed by atoms with Crippen molar-refractivity contribution in [2.45, 2.75) is 52.1 Å². The van der Waals surface area contributed by atoms with Gasteiger partial charge in [0.2, 0.25) is 0 Å². The van der Waals surface area contributed by atoms with Crippen molar-refractivity contribution >= 4 is 21.7 Å². The van der Waals surface area contributed by atoms with Gasteiger partial charge < -0.3 is 10.1 Å². The molecule has 2 atom stereocenters. The highest BCUT2D eigenvalue weighted by atomic mass is 79.9. The summed E-state index contributed by atoms with van der Waals surface area (Å²) < 4.78 is 6.18. The first kappa shape index (κ1) is 15.7. The molecule has 1 fully saturated rings. The minimum Gasteiger partial charge on any atom is -0.378 e. The predicted octanol–water partition coefficient (Wildman–Crippen LogP) is 4.11. The van der Waals surface area contributed by atoms with E-state index in [0.29, 0.717) is 12.5 Å². The van der Waals surface area contributed by atoms with E-state index in [9.17, 15) is 0 Å². The van der Waals surface area contributed by atoms with Crippen LogP contribution < -0.4 is 5.32 Å². The van der Waals surface area contributed by atoms with E-state index in [-0.39, 0.29) is 0 Å². The van der Waals surface area contributed by atoms with Crippen molar-refractivity contribution in [2.75, 3.05) is 19.0 Å². The minimum absolute atomic E-state index is 0.501. The summed E-state index contributed by atoms with van der Waals surface area (Å²) in [6, 6.07) is 0. The van der Waals surface area contributed by atoms with Crippen LogP contribution in [0, 0.1) is 5.92 Å². The zero-order valence-electron chi connectivity index (χ0n) is 12.6. The highest BCUT2D eigenvalue weighted by molar-refractivity contribution is 9.10. The van der Waals surface area contributed by atoms with Crippen LogP contribution in [0.1, 0.15) is 57.0 Å². The van der Waals surface area contributed by atoms with Crippen LogP contribution in [0.5, 0.6) is 0 Å². The van der Waals surface area contributed by atoms with Crippen molar-refractivity contribution in [3.63, 3.8) is 0 Å². The van der Waals surface area contributed by atoms with Crippen LogP contribution >= 0.6 is 15.9 Å². The Balaban J connectivity index is 2.28. The molecule has 0 spiro atoms. The Kier molecular flexibility index (Phi) is 5.78. The molecule has 4 nitrogen and oxygen atoms in total. The molecular formula is C15H24BrN3O. The van der Waals surface area contributed by atoms with Crippen LogP contribution in [-0.2, 0) is 11.3 Å². The first-order chi connectivity index (χ1) is 9.69. The van der Waals surface area contributed by atoms with Crippen LogP contribution in [0.2, 0.25) is 0 Å². The Hall–Kier alpha value is -0.680. The number of methoxy groups -OCH3 is 1. The lowest BCUT2D eigenvalue weighted by Gasteiger charge is -2.15. The minimum atomic E-state index is 0.501. The predicted molar refractivity (Wildman–Crippen MR) is 85.0 cm³/mol. The second-order valence-corrected chi connectivity index (χ2v) is 6.23. The summed E-state index contributed by atoms with van der Waals surface area (Å²) in [5.74, 6) is 3.21. The molecule has 1 saturated carbocycles. The number of aromatic nitrogens is 2. The fourth-order valence-electron chi connectivity index (χ4n) is 2.89. The maximum absolute atomic E-state index is 5.25. The number of hydrogen-bond acceptors (Lipinski definition) is 4. The van der Waals surface area contributed by atoms with Gasteiger partial charge in [-0.05, 0) is 48.0 Å². The second kappa shape index (κ2) is 7.36. The Labute approximate surface area is 129 Å². The average molecular weight is 342 g/mol. The summed E-state index contributed by atoms with van der Waals surface area (Å²) in [5, 5.41) is 3.31. The lowest BCUT2D eigenvalue weighted by Crippen LogP contribution is -2.11. The number of hydrogen-bond donors (Lipinski definition) is 1. The second-order valence-electron chi connectivity index (χ2n) is 5.44. The summed E-state index contributed by atoms with van der Waals surface area (Å²) in [7, 11) is 1.70. The van der Waals surface area contributed by atoms with Crippen LogP contribution in [0.3, 0.4) is 0 Å². The van der Waals surface area contributed by atoms with Crippen molar-refractivity contribution in [3.05, 3.63) is 16.0 Å². The van der Waals surface area contributed by atoms with Crippen molar-refractivity contribution in [1.82, 2.24) is 9.97 Å². The van der Waals surface area contributed by atoms with Gasteiger partial charge >= 0.3 is 0 Å². The van der Waals surface area contributed by atoms with Gasteiger partial charge in [0, 0.05) is 19.6 Å². The molecule has 1 aromatic heterocycles. The fourth-order valence-corrected chi connectivity index (χ4v) is 3.32. The van der Waals surface area contributed by atoms with E-state index in [0.717, 1.165) is 34.3 Å². The number of halogens is 1. The zero-order chi connectivity index (χ0) is 14.5. The maximum atomic E-state index is 5.25. The third-order valence-electron chi connectivity index (χ3n) is 4.05. The third-order valence-corrected chi connectivity index (χ3v) is 4.88.